The van der Waals surface area contributed by atoms with Crippen LogP contribution in [-0.4, -0.2) is 32.7 Å². The Morgan fingerprint density at radius 3 is 2.56 bits per heavy atom. The van der Waals surface area contributed by atoms with E-state index >= 15 is 0 Å². The Kier molecular flexibility index (Phi) is 4.48. The number of carbonyl (C=O) groups is 2. The number of carboxylic acids is 1. The number of rotatable bonds is 4. The number of carboxylic acid groups (broad SMARTS) is 1. The topological polar surface area (TPSA) is 92.2 Å². The van der Waals surface area contributed by atoms with Crippen molar-refractivity contribution >= 4 is 35.1 Å². The normalized spacial score (nSPS) is 11.1. The molecule has 1 heterocycles. The van der Waals surface area contributed by atoms with Crippen LogP contribution >= 0.6 is 23.2 Å². The second-order valence-corrected chi connectivity index (χ2v) is 5.03. The first-order valence-electron chi connectivity index (χ1n) is 4.94. The molecule has 1 aromatic rings. The maximum atomic E-state index is 11.9. The maximum Gasteiger partial charge on any atom is 0.305 e. The van der Waals surface area contributed by atoms with E-state index in [2.05, 4.69) is 15.5 Å². The van der Waals surface area contributed by atoms with Crippen LogP contribution in [0.1, 0.15) is 30.6 Å². The van der Waals surface area contributed by atoms with Crippen LogP contribution in [0.25, 0.3) is 0 Å². The van der Waals surface area contributed by atoms with Gasteiger partial charge in [0.2, 0.25) is 0 Å². The van der Waals surface area contributed by atoms with Crippen molar-refractivity contribution in [2.75, 3.05) is 0 Å². The molecule has 0 fully saturated rings. The van der Waals surface area contributed by atoms with Gasteiger partial charge in [-0.2, -0.15) is 0 Å². The van der Waals surface area contributed by atoms with Gasteiger partial charge in [0.1, 0.15) is 0 Å². The molecule has 0 bridgehead atoms. The number of hydrogen-bond donors (Lipinski definition) is 2. The Hall–Kier alpha value is -1.40. The zero-order valence-electron chi connectivity index (χ0n) is 9.70. The van der Waals surface area contributed by atoms with E-state index in [1.807, 2.05) is 0 Å². The van der Waals surface area contributed by atoms with Gasteiger partial charge in [-0.3, -0.25) is 9.59 Å². The van der Waals surface area contributed by atoms with E-state index in [1.165, 1.54) is 6.07 Å². The van der Waals surface area contributed by atoms with Crippen molar-refractivity contribution in [2.45, 2.75) is 25.8 Å². The van der Waals surface area contributed by atoms with Gasteiger partial charge in [0.25, 0.3) is 5.91 Å². The van der Waals surface area contributed by atoms with Crippen LogP contribution in [0.15, 0.2) is 6.07 Å². The second-order valence-electron chi connectivity index (χ2n) is 4.28. The summed E-state index contributed by atoms with van der Waals surface area (Å²) in [6, 6.07) is 1.27. The summed E-state index contributed by atoms with van der Waals surface area (Å²) in [5.74, 6) is -1.57. The SMILES string of the molecule is CC(C)(CC(=O)O)NC(=O)c1cc(Cl)nnc1Cl. The molecule has 6 nitrogen and oxygen atoms in total. The summed E-state index contributed by atoms with van der Waals surface area (Å²) < 4.78 is 0. The lowest BCUT2D eigenvalue weighted by molar-refractivity contribution is -0.138. The lowest BCUT2D eigenvalue weighted by Gasteiger charge is -2.24. The molecule has 98 valence electrons. The second kappa shape index (κ2) is 5.49. The molecule has 0 aliphatic carbocycles. The molecule has 8 heteroatoms. The highest BCUT2D eigenvalue weighted by Gasteiger charge is 2.25. The molecule has 0 spiro atoms. The van der Waals surface area contributed by atoms with Gasteiger partial charge in [-0.1, -0.05) is 23.2 Å². The first-order valence-corrected chi connectivity index (χ1v) is 5.70. The van der Waals surface area contributed by atoms with Crippen LogP contribution in [0.2, 0.25) is 10.3 Å². The number of halogens is 2. The van der Waals surface area contributed by atoms with Crippen molar-refractivity contribution in [1.82, 2.24) is 15.5 Å². The average Bonchev–Trinajstić information content (AvgIpc) is 2.18. The summed E-state index contributed by atoms with van der Waals surface area (Å²) in [5, 5.41) is 18.2. The molecule has 18 heavy (non-hydrogen) atoms. The molecule has 0 aliphatic rings. The van der Waals surface area contributed by atoms with E-state index in [0.717, 1.165) is 0 Å². The standard InChI is InChI=1S/C10H11Cl2N3O3/c1-10(2,4-7(16)17)13-9(18)5-3-6(11)14-15-8(5)12/h3H,4H2,1-2H3,(H,13,18)(H,16,17). The summed E-state index contributed by atoms with van der Waals surface area (Å²) >= 11 is 11.3. The van der Waals surface area contributed by atoms with E-state index in [-0.39, 0.29) is 22.3 Å². The minimum atomic E-state index is -1.02. The number of hydrogen-bond acceptors (Lipinski definition) is 4. The number of aromatic nitrogens is 2. The Morgan fingerprint density at radius 1 is 1.39 bits per heavy atom. The lowest BCUT2D eigenvalue weighted by atomic mass is 10.0. The molecular formula is C10H11Cl2N3O3. The Balaban J connectivity index is 2.88. The number of aliphatic carboxylic acids is 1. The summed E-state index contributed by atoms with van der Waals surface area (Å²) in [5.41, 5.74) is -0.864. The maximum absolute atomic E-state index is 11.9. The Morgan fingerprint density at radius 2 is 2.00 bits per heavy atom. The van der Waals surface area contributed by atoms with Gasteiger partial charge in [0.15, 0.2) is 10.3 Å². The molecular weight excluding hydrogens is 281 g/mol. The number of carbonyl (C=O) groups excluding carboxylic acids is 1. The number of nitrogens with one attached hydrogen (secondary N) is 1. The van der Waals surface area contributed by atoms with E-state index < -0.39 is 17.4 Å². The highest BCUT2D eigenvalue weighted by molar-refractivity contribution is 6.34. The van der Waals surface area contributed by atoms with Crippen molar-refractivity contribution in [3.63, 3.8) is 0 Å². The van der Waals surface area contributed by atoms with Gasteiger partial charge in [0, 0.05) is 5.54 Å². The number of amides is 1. The van der Waals surface area contributed by atoms with Gasteiger partial charge < -0.3 is 10.4 Å². The molecule has 0 atom stereocenters. The molecule has 0 aliphatic heterocycles. The predicted octanol–water partition coefficient (Wildman–Crippen LogP) is 1.77. The van der Waals surface area contributed by atoms with Crippen molar-refractivity contribution in [3.8, 4) is 0 Å². The summed E-state index contributed by atoms with van der Waals surface area (Å²) in [4.78, 5) is 22.5. The van der Waals surface area contributed by atoms with Crippen molar-refractivity contribution in [2.24, 2.45) is 0 Å². The predicted molar refractivity (Wildman–Crippen MR) is 65.9 cm³/mol. The van der Waals surface area contributed by atoms with Gasteiger partial charge in [-0.25, -0.2) is 0 Å². The molecule has 1 rings (SSSR count). The average molecular weight is 292 g/mol. The largest absolute Gasteiger partial charge is 0.481 e. The molecule has 0 aromatic carbocycles. The molecule has 2 N–H and O–H groups in total. The zero-order chi connectivity index (χ0) is 13.9. The Bertz CT molecular complexity index is 491. The van der Waals surface area contributed by atoms with Crippen LogP contribution in [0.4, 0.5) is 0 Å². The fraction of sp³-hybridized carbons (Fsp3) is 0.400. The third-order valence-corrected chi connectivity index (χ3v) is 2.47. The fourth-order valence-corrected chi connectivity index (χ4v) is 1.63. The van der Waals surface area contributed by atoms with E-state index in [4.69, 9.17) is 28.3 Å². The molecule has 0 radical (unpaired) electrons. The van der Waals surface area contributed by atoms with Crippen LogP contribution < -0.4 is 5.32 Å². The van der Waals surface area contributed by atoms with Gasteiger partial charge in [-0.15, -0.1) is 10.2 Å². The molecule has 0 unspecified atom stereocenters. The van der Waals surface area contributed by atoms with Crippen LogP contribution in [0.5, 0.6) is 0 Å². The molecule has 1 amide bonds. The minimum absolute atomic E-state index is 0.0283. The summed E-state index contributed by atoms with van der Waals surface area (Å²) in [6.45, 7) is 3.17. The third-order valence-electron chi connectivity index (χ3n) is 2.01. The van der Waals surface area contributed by atoms with Gasteiger partial charge in [0.05, 0.1) is 12.0 Å². The highest BCUT2D eigenvalue weighted by Crippen LogP contribution is 2.17. The van der Waals surface area contributed by atoms with Crippen molar-refractivity contribution in [3.05, 3.63) is 21.9 Å². The first-order chi connectivity index (χ1) is 8.21. The van der Waals surface area contributed by atoms with E-state index in [1.54, 1.807) is 13.8 Å². The third kappa shape index (κ3) is 4.12. The number of nitrogens with zero attached hydrogens (tertiary/aromatic N) is 2. The fourth-order valence-electron chi connectivity index (χ4n) is 1.31. The van der Waals surface area contributed by atoms with Crippen LogP contribution in [0.3, 0.4) is 0 Å². The quantitative estimate of drug-likeness (QED) is 0.882. The van der Waals surface area contributed by atoms with Crippen LogP contribution in [0, 0.1) is 0 Å². The zero-order valence-corrected chi connectivity index (χ0v) is 11.2. The van der Waals surface area contributed by atoms with Crippen molar-refractivity contribution < 1.29 is 14.7 Å². The van der Waals surface area contributed by atoms with E-state index in [0.29, 0.717) is 0 Å². The molecule has 0 saturated carbocycles. The van der Waals surface area contributed by atoms with Gasteiger partial charge in [-0.05, 0) is 19.9 Å². The van der Waals surface area contributed by atoms with E-state index in [9.17, 15) is 9.59 Å². The smallest absolute Gasteiger partial charge is 0.305 e. The minimum Gasteiger partial charge on any atom is -0.481 e. The molecule has 1 aromatic heterocycles. The van der Waals surface area contributed by atoms with Gasteiger partial charge >= 0.3 is 5.97 Å². The monoisotopic (exact) mass is 291 g/mol. The lowest BCUT2D eigenvalue weighted by Crippen LogP contribution is -2.45. The molecule has 0 saturated heterocycles. The Labute approximate surface area is 113 Å². The highest BCUT2D eigenvalue weighted by atomic mass is 35.5. The van der Waals surface area contributed by atoms with Crippen molar-refractivity contribution in [1.29, 1.82) is 0 Å². The first kappa shape index (κ1) is 14.7. The summed E-state index contributed by atoms with van der Waals surface area (Å²) in [6.07, 6.45) is -0.220. The summed E-state index contributed by atoms with van der Waals surface area (Å²) in [7, 11) is 0. The van der Waals surface area contributed by atoms with Crippen LogP contribution in [-0.2, 0) is 4.79 Å².